The molecule has 1 N–H and O–H groups in total. The Morgan fingerprint density at radius 1 is 0.846 bits per heavy atom. The lowest BCUT2D eigenvalue weighted by Gasteiger charge is -2.47. The first kappa shape index (κ1) is 19.1. The number of hydrogen-bond acceptors (Lipinski definition) is 2. The molecule has 3 fully saturated rings. The van der Waals surface area contributed by atoms with Crippen molar-refractivity contribution in [3.63, 3.8) is 0 Å². The number of quaternary nitrogens is 1. The first-order valence-corrected chi connectivity index (χ1v) is 13.3. The Labute approximate surface area is 163 Å². The molecule has 4 rings (SSSR count). The van der Waals surface area contributed by atoms with Gasteiger partial charge >= 0.3 is 0 Å². The topological polar surface area (TPSA) is 28.0 Å². The van der Waals surface area contributed by atoms with Gasteiger partial charge in [0.1, 0.15) is 0 Å². The van der Waals surface area contributed by atoms with Crippen LogP contribution in [-0.4, -0.2) is 48.6 Å². The van der Waals surface area contributed by atoms with Crippen molar-refractivity contribution in [3.8, 4) is 0 Å². The van der Waals surface area contributed by atoms with Crippen molar-refractivity contribution in [1.82, 2.24) is 9.34 Å². The first-order chi connectivity index (χ1) is 12.8. The highest BCUT2D eigenvalue weighted by Gasteiger charge is 2.51. The number of nitrogens with zero attached hydrogens (tertiary/aromatic N) is 2. The molecule has 0 radical (unpaired) electrons. The lowest BCUT2D eigenvalue weighted by molar-refractivity contribution is -0.922. The first-order valence-electron chi connectivity index (χ1n) is 10.8. The van der Waals surface area contributed by atoms with Crippen LogP contribution in [-0.2, 0) is 4.57 Å². The molecule has 26 heavy (non-hydrogen) atoms. The Balaban J connectivity index is 1.73. The highest BCUT2D eigenvalue weighted by molar-refractivity contribution is 7.59. The average Bonchev–Trinajstić information content (AvgIpc) is 3.24. The molecule has 3 saturated heterocycles. The highest BCUT2D eigenvalue weighted by atomic mass is 32.1. The van der Waals surface area contributed by atoms with Crippen molar-refractivity contribution in [2.75, 3.05) is 39.3 Å². The zero-order chi connectivity index (χ0) is 17.8. The van der Waals surface area contributed by atoms with E-state index in [1.807, 2.05) is 11.3 Å². The van der Waals surface area contributed by atoms with Crippen molar-refractivity contribution < 1.29 is 9.46 Å². The predicted molar refractivity (Wildman–Crippen MR) is 110 cm³/mol. The Bertz CT molecular complexity index is 568. The number of thiophene rings is 1. The largest absolute Gasteiger partial charge is 0.320 e. The van der Waals surface area contributed by atoms with E-state index in [2.05, 4.69) is 26.9 Å². The second-order valence-corrected chi connectivity index (χ2v) is 12.1. The monoisotopic (exact) mass is 396 g/mol. The zero-order valence-corrected chi connectivity index (χ0v) is 17.8. The SMILES string of the molecule is O=P(C(c1cccs1)[NH+]1CCCCC1)(N1CCCCC1)N1CCCCC1. The van der Waals surface area contributed by atoms with Gasteiger partial charge in [0.05, 0.1) is 18.0 Å². The fourth-order valence-corrected chi connectivity index (χ4v) is 10.4. The number of hydrogen-bond donors (Lipinski definition) is 1. The molecule has 1 unspecified atom stereocenters. The molecule has 0 aliphatic carbocycles. The second kappa shape index (κ2) is 8.87. The lowest BCUT2D eigenvalue weighted by Crippen LogP contribution is -3.13. The van der Waals surface area contributed by atoms with Crippen LogP contribution in [0.4, 0.5) is 0 Å². The van der Waals surface area contributed by atoms with E-state index in [0.29, 0.717) is 0 Å². The normalized spacial score (nSPS) is 26.0. The van der Waals surface area contributed by atoms with Gasteiger partial charge in [0, 0.05) is 26.2 Å². The predicted octanol–water partition coefficient (Wildman–Crippen LogP) is 3.98. The van der Waals surface area contributed by atoms with Crippen LogP contribution >= 0.6 is 18.8 Å². The van der Waals surface area contributed by atoms with Gasteiger partial charge < -0.3 is 4.90 Å². The molecule has 3 aliphatic rings. The average molecular weight is 397 g/mol. The van der Waals surface area contributed by atoms with Crippen molar-refractivity contribution in [3.05, 3.63) is 22.4 Å². The molecule has 1 atom stereocenters. The molecule has 3 aliphatic heterocycles. The zero-order valence-electron chi connectivity index (χ0n) is 16.1. The number of rotatable bonds is 5. The molecule has 0 amide bonds. The standard InChI is InChI=1S/C20H34N3OPS/c24-25(22-14-6-2-7-15-22,23-16-8-3-9-17-23)20(19-11-10-18-26-19)21-12-4-1-5-13-21/h10-11,18,20H,1-9,12-17H2/p+1. The molecule has 1 aromatic heterocycles. The summed E-state index contributed by atoms with van der Waals surface area (Å²) in [5, 5.41) is 2.18. The van der Waals surface area contributed by atoms with E-state index in [9.17, 15) is 0 Å². The van der Waals surface area contributed by atoms with E-state index in [-0.39, 0.29) is 5.78 Å². The van der Waals surface area contributed by atoms with E-state index in [0.717, 1.165) is 26.2 Å². The molecule has 4 heterocycles. The van der Waals surface area contributed by atoms with E-state index < -0.39 is 7.44 Å². The second-order valence-electron chi connectivity index (χ2n) is 8.25. The fraction of sp³-hybridized carbons (Fsp3) is 0.800. The van der Waals surface area contributed by atoms with Crippen molar-refractivity contribution in [2.24, 2.45) is 0 Å². The van der Waals surface area contributed by atoms with E-state index >= 15 is 4.57 Å². The lowest BCUT2D eigenvalue weighted by atomic mass is 10.1. The number of likely N-dealkylation sites (tertiary alicyclic amines) is 1. The molecular formula is C20H35N3OPS+. The fourth-order valence-electron chi connectivity index (χ4n) is 5.16. The van der Waals surface area contributed by atoms with Crippen molar-refractivity contribution >= 4 is 18.8 Å². The van der Waals surface area contributed by atoms with Gasteiger partial charge in [-0.05, 0) is 56.4 Å². The highest BCUT2D eigenvalue weighted by Crippen LogP contribution is 2.63. The van der Waals surface area contributed by atoms with Gasteiger partial charge in [-0.25, -0.2) is 9.34 Å². The Hall–Kier alpha value is -0.190. The van der Waals surface area contributed by atoms with Crippen LogP contribution in [0.3, 0.4) is 0 Å². The van der Waals surface area contributed by atoms with Crippen molar-refractivity contribution in [1.29, 1.82) is 0 Å². The Morgan fingerprint density at radius 2 is 1.38 bits per heavy atom. The summed E-state index contributed by atoms with van der Waals surface area (Å²) >= 11 is 1.83. The summed E-state index contributed by atoms with van der Waals surface area (Å²) < 4.78 is 20.0. The summed E-state index contributed by atoms with van der Waals surface area (Å²) in [5.74, 6) is 0.166. The molecule has 1 aromatic rings. The van der Waals surface area contributed by atoms with Crippen LogP contribution in [0.2, 0.25) is 0 Å². The summed E-state index contributed by atoms with van der Waals surface area (Å²) in [7, 11) is -2.60. The Kier molecular flexibility index (Phi) is 6.53. The van der Waals surface area contributed by atoms with Crippen LogP contribution in [0.25, 0.3) is 0 Å². The number of piperidine rings is 3. The molecule has 0 aromatic carbocycles. The van der Waals surface area contributed by atoms with Gasteiger partial charge in [0.25, 0.3) is 7.44 Å². The summed E-state index contributed by atoms with van der Waals surface area (Å²) in [6.45, 7) is 6.50. The van der Waals surface area contributed by atoms with Crippen LogP contribution in [0.1, 0.15) is 68.4 Å². The van der Waals surface area contributed by atoms with Crippen LogP contribution < -0.4 is 4.90 Å². The maximum Gasteiger partial charge on any atom is 0.278 e. The van der Waals surface area contributed by atoms with Gasteiger partial charge in [-0.15, -0.1) is 11.3 Å². The summed E-state index contributed by atoms with van der Waals surface area (Å²) in [4.78, 5) is 2.96. The van der Waals surface area contributed by atoms with Gasteiger partial charge in [0.2, 0.25) is 5.78 Å². The maximum atomic E-state index is 15.1. The third-order valence-corrected chi connectivity index (χ3v) is 11.4. The molecule has 0 spiro atoms. The van der Waals surface area contributed by atoms with E-state index in [1.165, 1.54) is 75.8 Å². The number of nitrogens with one attached hydrogen (secondary N) is 1. The van der Waals surface area contributed by atoms with Gasteiger partial charge in [-0.3, -0.25) is 4.57 Å². The van der Waals surface area contributed by atoms with Crippen LogP contribution in [0.15, 0.2) is 17.5 Å². The van der Waals surface area contributed by atoms with E-state index in [4.69, 9.17) is 0 Å². The third kappa shape index (κ3) is 3.84. The van der Waals surface area contributed by atoms with Gasteiger partial charge in [-0.2, -0.15) is 0 Å². The molecule has 4 nitrogen and oxygen atoms in total. The van der Waals surface area contributed by atoms with Crippen LogP contribution in [0.5, 0.6) is 0 Å². The molecule has 6 heteroatoms. The van der Waals surface area contributed by atoms with Crippen LogP contribution in [0, 0.1) is 0 Å². The summed E-state index contributed by atoms with van der Waals surface area (Å²) in [6, 6.07) is 4.42. The molecule has 0 bridgehead atoms. The molecule has 146 valence electrons. The summed E-state index contributed by atoms with van der Waals surface area (Å²) in [6.07, 6.45) is 11.4. The van der Waals surface area contributed by atoms with Crippen molar-refractivity contribution in [2.45, 2.75) is 63.6 Å². The molecule has 0 saturated carbocycles. The smallest absolute Gasteiger partial charge is 0.278 e. The Morgan fingerprint density at radius 3 is 1.88 bits per heavy atom. The summed E-state index contributed by atoms with van der Waals surface area (Å²) in [5.41, 5.74) is 0. The van der Waals surface area contributed by atoms with Gasteiger partial charge in [-0.1, -0.05) is 18.9 Å². The quantitative estimate of drug-likeness (QED) is 0.763. The van der Waals surface area contributed by atoms with E-state index in [1.54, 1.807) is 4.90 Å². The minimum Gasteiger partial charge on any atom is -0.320 e. The minimum absolute atomic E-state index is 0.166. The molecular weight excluding hydrogens is 361 g/mol. The van der Waals surface area contributed by atoms with Gasteiger partial charge in [0.15, 0.2) is 0 Å². The maximum absolute atomic E-state index is 15.1. The third-order valence-electron chi connectivity index (χ3n) is 6.51. The minimum atomic E-state index is -2.60.